The lowest BCUT2D eigenvalue weighted by molar-refractivity contribution is -0.134. The Hall–Kier alpha value is -3.15. The molecule has 0 unspecified atom stereocenters. The van der Waals surface area contributed by atoms with Crippen molar-refractivity contribution in [3.05, 3.63) is 57.8 Å². The molecule has 1 fully saturated rings. The van der Waals surface area contributed by atoms with E-state index in [0.29, 0.717) is 49.2 Å². The van der Waals surface area contributed by atoms with E-state index >= 15 is 0 Å². The van der Waals surface area contributed by atoms with Gasteiger partial charge in [0.2, 0.25) is 5.91 Å². The van der Waals surface area contributed by atoms with Gasteiger partial charge in [0, 0.05) is 31.3 Å². The normalized spacial score (nSPS) is 17.5. The summed E-state index contributed by atoms with van der Waals surface area (Å²) in [5.74, 6) is 0.887. The van der Waals surface area contributed by atoms with Gasteiger partial charge in [-0.15, -0.1) is 0 Å². The monoisotopic (exact) mass is 432 g/mol. The summed E-state index contributed by atoms with van der Waals surface area (Å²) in [6.45, 7) is 9.25. The third-order valence-electron chi connectivity index (χ3n) is 7.29. The van der Waals surface area contributed by atoms with Gasteiger partial charge in [0.05, 0.1) is 18.4 Å². The number of rotatable bonds is 2. The van der Waals surface area contributed by atoms with E-state index in [-0.39, 0.29) is 18.1 Å². The molecule has 1 saturated heterocycles. The highest BCUT2D eigenvalue weighted by Gasteiger charge is 2.44. The molecular formula is C26H28N2O4. The Balaban J connectivity index is 1.30. The molecule has 1 amide bonds. The lowest BCUT2D eigenvalue weighted by Gasteiger charge is -2.44. The van der Waals surface area contributed by atoms with Gasteiger partial charge >= 0.3 is 0 Å². The summed E-state index contributed by atoms with van der Waals surface area (Å²) >= 11 is 0. The molecule has 2 aromatic carbocycles. The summed E-state index contributed by atoms with van der Waals surface area (Å²) in [5, 5.41) is 5.06. The molecule has 1 spiro atoms. The van der Waals surface area contributed by atoms with Gasteiger partial charge in [-0.05, 0) is 68.1 Å². The average molecular weight is 433 g/mol. The minimum Gasteiger partial charge on any atom is -0.486 e. The zero-order chi connectivity index (χ0) is 22.6. The lowest BCUT2D eigenvalue weighted by Crippen LogP contribution is -2.52. The fourth-order valence-corrected chi connectivity index (χ4v) is 4.85. The molecule has 3 aromatic rings. The highest BCUT2D eigenvalue weighted by Crippen LogP contribution is 2.41. The molecule has 0 N–H and O–H groups in total. The molecule has 3 heterocycles. The van der Waals surface area contributed by atoms with Crippen LogP contribution in [-0.4, -0.2) is 40.4 Å². The summed E-state index contributed by atoms with van der Waals surface area (Å²) in [6.07, 6.45) is 1.88. The molecule has 166 valence electrons. The first-order valence-electron chi connectivity index (χ1n) is 11.2. The molecule has 5 rings (SSSR count). The second-order valence-corrected chi connectivity index (χ2v) is 9.39. The van der Waals surface area contributed by atoms with Gasteiger partial charge < -0.3 is 14.2 Å². The van der Waals surface area contributed by atoms with E-state index in [4.69, 9.17) is 9.26 Å². The zero-order valence-electron chi connectivity index (χ0n) is 19.1. The molecule has 0 radical (unpaired) electrons. The smallest absolute Gasteiger partial charge is 0.228 e. The second-order valence-electron chi connectivity index (χ2n) is 9.39. The van der Waals surface area contributed by atoms with Crippen LogP contribution >= 0.6 is 0 Å². The van der Waals surface area contributed by atoms with Crippen molar-refractivity contribution in [2.75, 3.05) is 13.1 Å². The van der Waals surface area contributed by atoms with Crippen LogP contribution in [0.1, 0.15) is 57.6 Å². The van der Waals surface area contributed by atoms with E-state index in [1.165, 1.54) is 0 Å². The number of likely N-dealkylation sites (tertiary alicyclic amines) is 1. The summed E-state index contributed by atoms with van der Waals surface area (Å²) < 4.78 is 11.9. The standard InChI is InChI=1S/C26H28N2O4/c1-15-5-6-19-22(29)14-26(31-25(19)18(15)4)7-9-28(10-8-26)24(30)13-21-20-11-16(2)17(3)12-23(20)32-27-21/h5-6,11-12H,7-10,13-14H2,1-4H3. The number of hydrogen-bond donors (Lipinski definition) is 0. The van der Waals surface area contributed by atoms with Gasteiger partial charge in [0.15, 0.2) is 11.4 Å². The van der Waals surface area contributed by atoms with Crippen molar-refractivity contribution in [2.45, 2.75) is 59.0 Å². The van der Waals surface area contributed by atoms with Gasteiger partial charge in [-0.3, -0.25) is 9.59 Å². The highest BCUT2D eigenvalue weighted by molar-refractivity contribution is 6.01. The number of nitrogens with zero attached hydrogens (tertiary/aromatic N) is 2. The largest absolute Gasteiger partial charge is 0.486 e. The average Bonchev–Trinajstić information content (AvgIpc) is 3.13. The Morgan fingerprint density at radius 2 is 1.78 bits per heavy atom. The molecule has 0 bridgehead atoms. The van der Waals surface area contributed by atoms with Crippen molar-refractivity contribution in [1.29, 1.82) is 0 Å². The van der Waals surface area contributed by atoms with Crippen LogP contribution in [0, 0.1) is 27.7 Å². The molecule has 32 heavy (non-hydrogen) atoms. The van der Waals surface area contributed by atoms with Gasteiger partial charge in [0.1, 0.15) is 17.0 Å². The first-order chi connectivity index (χ1) is 15.3. The third-order valence-corrected chi connectivity index (χ3v) is 7.29. The molecule has 6 nitrogen and oxygen atoms in total. The fourth-order valence-electron chi connectivity index (χ4n) is 4.85. The second kappa shape index (κ2) is 7.47. The van der Waals surface area contributed by atoms with Crippen molar-refractivity contribution >= 4 is 22.7 Å². The first-order valence-corrected chi connectivity index (χ1v) is 11.2. The Morgan fingerprint density at radius 1 is 1.06 bits per heavy atom. The molecular weight excluding hydrogens is 404 g/mol. The van der Waals surface area contributed by atoms with Gasteiger partial charge in [0.25, 0.3) is 0 Å². The molecule has 0 aliphatic carbocycles. The van der Waals surface area contributed by atoms with Gasteiger partial charge in [-0.1, -0.05) is 11.2 Å². The molecule has 1 aromatic heterocycles. The maximum atomic E-state index is 13.0. The fraction of sp³-hybridized carbons (Fsp3) is 0.423. The lowest BCUT2D eigenvalue weighted by atomic mass is 9.81. The molecule has 2 aliphatic rings. The molecule has 2 aliphatic heterocycles. The number of ketones is 1. The quantitative estimate of drug-likeness (QED) is 0.590. The van der Waals surface area contributed by atoms with Crippen molar-refractivity contribution < 1.29 is 18.8 Å². The Morgan fingerprint density at radius 3 is 2.53 bits per heavy atom. The van der Waals surface area contributed by atoms with Crippen molar-refractivity contribution in [3.63, 3.8) is 0 Å². The zero-order valence-corrected chi connectivity index (χ0v) is 19.1. The minimum atomic E-state index is -0.519. The predicted molar refractivity (Wildman–Crippen MR) is 121 cm³/mol. The number of fused-ring (bicyclic) bond motifs is 2. The Kier molecular flexibility index (Phi) is 4.84. The maximum Gasteiger partial charge on any atom is 0.228 e. The van der Waals surface area contributed by atoms with Crippen molar-refractivity contribution in [1.82, 2.24) is 10.1 Å². The first kappa shape index (κ1) is 20.7. The summed E-state index contributed by atoms with van der Waals surface area (Å²) in [7, 11) is 0. The van der Waals surface area contributed by atoms with Crippen LogP contribution in [0.4, 0.5) is 0 Å². The number of carbonyl (C=O) groups excluding carboxylic acids is 2. The Labute approximate surface area is 187 Å². The topological polar surface area (TPSA) is 72.6 Å². The van der Waals surface area contributed by atoms with Crippen LogP contribution in [0.15, 0.2) is 28.8 Å². The molecule has 0 atom stereocenters. The number of aryl methyl sites for hydroxylation is 3. The number of aromatic nitrogens is 1. The highest BCUT2D eigenvalue weighted by atomic mass is 16.5. The van der Waals surface area contributed by atoms with E-state index in [1.807, 2.05) is 56.9 Å². The number of hydrogen-bond acceptors (Lipinski definition) is 5. The van der Waals surface area contributed by atoms with E-state index in [0.717, 1.165) is 33.4 Å². The summed E-state index contributed by atoms with van der Waals surface area (Å²) in [6, 6.07) is 7.86. The Bertz CT molecular complexity index is 1250. The number of amides is 1. The van der Waals surface area contributed by atoms with Crippen molar-refractivity contribution in [2.24, 2.45) is 0 Å². The number of Topliss-reactive ketones (excluding diaryl/α,β-unsaturated/α-hetero) is 1. The minimum absolute atomic E-state index is 0.0304. The number of ether oxygens (including phenoxy) is 1. The third kappa shape index (κ3) is 3.38. The van der Waals surface area contributed by atoms with E-state index in [9.17, 15) is 9.59 Å². The van der Waals surface area contributed by atoms with Gasteiger partial charge in [-0.2, -0.15) is 0 Å². The number of carbonyl (C=O) groups is 2. The summed E-state index contributed by atoms with van der Waals surface area (Å²) in [5.41, 5.74) is 5.99. The number of piperidine rings is 1. The van der Waals surface area contributed by atoms with Crippen LogP contribution in [0.2, 0.25) is 0 Å². The maximum absolute atomic E-state index is 13.0. The van der Waals surface area contributed by atoms with Gasteiger partial charge in [-0.25, -0.2) is 0 Å². The summed E-state index contributed by atoms with van der Waals surface area (Å²) in [4.78, 5) is 27.7. The van der Waals surface area contributed by atoms with Crippen LogP contribution in [0.25, 0.3) is 11.0 Å². The molecule has 6 heteroatoms. The van der Waals surface area contributed by atoms with E-state index < -0.39 is 5.60 Å². The van der Waals surface area contributed by atoms with E-state index in [1.54, 1.807) is 0 Å². The molecule has 0 saturated carbocycles. The predicted octanol–water partition coefficient (Wildman–Crippen LogP) is 4.63. The SMILES string of the molecule is Cc1cc2onc(CC(=O)N3CCC4(CC3)CC(=O)c3ccc(C)c(C)c3O4)c2cc1C. The number of benzene rings is 2. The van der Waals surface area contributed by atoms with Crippen LogP contribution in [-0.2, 0) is 11.2 Å². The van der Waals surface area contributed by atoms with Crippen molar-refractivity contribution in [3.8, 4) is 5.75 Å². The van der Waals surface area contributed by atoms with Crippen LogP contribution in [0.5, 0.6) is 5.75 Å². The van der Waals surface area contributed by atoms with E-state index in [2.05, 4.69) is 5.16 Å². The van der Waals surface area contributed by atoms with Crippen LogP contribution < -0.4 is 4.74 Å². The van der Waals surface area contributed by atoms with Crippen LogP contribution in [0.3, 0.4) is 0 Å².